The van der Waals surface area contributed by atoms with E-state index in [1.54, 1.807) is 0 Å². The molecule has 2 rings (SSSR count). The maximum Gasteiger partial charge on any atom is 0.469 e. The number of ether oxygens (including phenoxy) is 1. The monoisotopic (exact) mass is 286 g/mol. The van der Waals surface area contributed by atoms with E-state index in [0.717, 1.165) is 24.3 Å². The molecule has 0 aliphatic rings. The van der Waals surface area contributed by atoms with Gasteiger partial charge in [-0.1, -0.05) is 36.4 Å². The third-order valence-electron chi connectivity index (χ3n) is 2.57. The smallest absolute Gasteiger partial charge is 0.469 e. The van der Waals surface area contributed by atoms with E-state index >= 15 is 0 Å². The number of alkyl halides is 4. The fourth-order valence-corrected chi connectivity index (χ4v) is 1.57. The molecule has 0 bridgehead atoms. The van der Waals surface area contributed by atoms with Crippen molar-refractivity contribution in [2.24, 2.45) is 0 Å². The summed E-state index contributed by atoms with van der Waals surface area (Å²) in [5.41, 5.74) is -0.856. The van der Waals surface area contributed by atoms with E-state index in [1.807, 2.05) is 0 Å². The van der Waals surface area contributed by atoms with Gasteiger partial charge in [-0.25, -0.2) is 0 Å². The molecule has 2 aromatic carbocycles. The zero-order valence-corrected chi connectivity index (χ0v) is 10.1. The summed E-state index contributed by atoms with van der Waals surface area (Å²) in [4.78, 5) is 0. The Labute approximate surface area is 112 Å². The highest BCUT2D eigenvalue weighted by molar-refractivity contribution is 5.32. The van der Waals surface area contributed by atoms with Crippen LogP contribution in [-0.4, -0.2) is 11.2 Å². The van der Waals surface area contributed by atoms with Crippen LogP contribution in [0, 0.1) is 0 Å². The summed E-state index contributed by atoms with van der Waals surface area (Å²) in [6, 6.07) is 9.97. The lowest BCUT2D eigenvalue weighted by molar-refractivity contribution is -0.316. The predicted octanol–water partition coefficient (Wildman–Crippen LogP) is 4.16. The van der Waals surface area contributed by atoms with Gasteiger partial charge in [0.1, 0.15) is 11.5 Å². The summed E-state index contributed by atoms with van der Waals surface area (Å²) in [7, 11) is 0. The quantitative estimate of drug-likeness (QED) is 0.855. The molecule has 2 aromatic rings. The van der Waals surface area contributed by atoms with Gasteiger partial charge in [-0.15, -0.1) is 0 Å². The number of rotatable bonds is 4. The first-order valence-corrected chi connectivity index (χ1v) is 5.62. The van der Waals surface area contributed by atoms with Crippen molar-refractivity contribution in [2.75, 3.05) is 0 Å². The van der Waals surface area contributed by atoms with Crippen LogP contribution in [-0.2, 0) is 5.92 Å². The molecule has 0 heterocycles. The molecule has 0 spiro atoms. The van der Waals surface area contributed by atoms with E-state index in [0.29, 0.717) is 0 Å². The van der Waals surface area contributed by atoms with Gasteiger partial charge in [0, 0.05) is 11.6 Å². The fourth-order valence-electron chi connectivity index (χ4n) is 1.57. The summed E-state index contributed by atoms with van der Waals surface area (Å²) in [5, 5.41) is 9.12. The third-order valence-corrected chi connectivity index (χ3v) is 2.57. The molecular weight excluding hydrogens is 276 g/mol. The van der Waals surface area contributed by atoms with Crippen molar-refractivity contribution in [1.82, 2.24) is 0 Å². The molecule has 20 heavy (non-hydrogen) atoms. The van der Waals surface area contributed by atoms with E-state index in [1.165, 1.54) is 30.3 Å². The average molecular weight is 286 g/mol. The SMILES string of the molecule is Oc1cccc(OC(F)(F)C(F)(F)c2ccccc2)c1. The highest BCUT2D eigenvalue weighted by atomic mass is 19.3. The van der Waals surface area contributed by atoms with Crippen molar-refractivity contribution in [3.63, 3.8) is 0 Å². The Bertz CT molecular complexity index is 585. The molecule has 6 heteroatoms. The molecule has 0 fully saturated rings. The molecule has 0 aliphatic heterocycles. The summed E-state index contributed by atoms with van der Waals surface area (Å²) >= 11 is 0. The number of phenolic OH excluding ortho intramolecular Hbond substituents is 1. The fraction of sp³-hybridized carbons (Fsp3) is 0.143. The van der Waals surface area contributed by atoms with Gasteiger partial charge in [-0.05, 0) is 12.1 Å². The summed E-state index contributed by atoms with van der Waals surface area (Å²) in [5.74, 6) is -5.41. The molecule has 1 N–H and O–H groups in total. The minimum Gasteiger partial charge on any atom is -0.508 e. The van der Waals surface area contributed by atoms with E-state index in [-0.39, 0.29) is 5.75 Å². The van der Waals surface area contributed by atoms with Crippen molar-refractivity contribution >= 4 is 0 Å². The van der Waals surface area contributed by atoms with E-state index in [2.05, 4.69) is 4.74 Å². The van der Waals surface area contributed by atoms with Crippen LogP contribution in [0.1, 0.15) is 5.56 Å². The first-order chi connectivity index (χ1) is 9.33. The van der Waals surface area contributed by atoms with Crippen molar-refractivity contribution < 1.29 is 27.4 Å². The highest BCUT2D eigenvalue weighted by Crippen LogP contribution is 2.44. The number of benzene rings is 2. The Hall–Kier alpha value is -2.24. The van der Waals surface area contributed by atoms with Gasteiger partial charge in [0.25, 0.3) is 0 Å². The molecule has 0 saturated carbocycles. The second-order valence-electron chi connectivity index (χ2n) is 4.06. The summed E-state index contributed by atoms with van der Waals surface area (Å²) in [6.45, 7) is 0. The molecule has 0 aromatic heterocycles. The summed E-state index contributed by atoms with van der Waals surface area (Å²) < 4.78 is 58.9. The maximum atomic E-state index is 13.8. The van der Waals surface area contributed by atoms with Crippen LogP contribution < -0.4 is 4.74 Å². The van der Waals surface area contributed by atoms with E-state index in [4.69, 9.17) is 5.11 Å². The Balaban J connectivity index is 2.29. The second kappa shape index (κ2) is 5.03. The van der Waals surface area contributed by atoms with Crippen LogP contribution in [0.15, 0.2) is 54.6 Å². The Kier molecular flexibility index (Phi) is 3.57. The van der Waals surface area contributed by atoms with Crippen LogP contribution >= 0.6 is 0 Å². The van der Waals surface area contributed by atoms with Gasteiger partial charge in [0.2, 0.25) is 0 Å². The molecule has 0 saturated heterocycles. The Morgan fingerprint density at radius 2 is 1.50 bits per heavy atom. The number of phenols is 1. The van der Waals surface area contributed by atoms with Gasteiger partial charge >= 0.3 is 12.0 Å². The molecule has 2 nitrogen and oxygen atoms in total. The van der Waals surface area contributed by atoms with Crippen molar-refractivity contribution in [2.45, 2.75) is 12.0 Å². The molecule has 0 amide bonds. The van der Waals surface area contributed by atoms with Crippen LogP contribution in [0.25, 0.3) is 0 Å². The predicted molar refractivity (Wildman–Crippen MR) is 64.0 cm³/mol. The lowest BCUT2D eigenvalue weighted by Crippen LogP contribution is -2.43. The standard InChI is InChI=1S/C14H10F4O2/c15-13(16,10-5-2-1-3-6-10)14(17,18)20-12-8-4-7-11(19)9-12/h1-9,19H. The topological polar surface area (TPSA) is 29.5 Å². The number of hydrogen-bond donors (Lipinski definition) is 1. The second-order valence-corrected chi connectivity index (χ2v) is 4.06. The van der Waals surface area contributed by atoms with Crippen LogP contribution in [0.2, 0.25) is 0 Å². The molecule has 0 aliphatic carbocycles. The minimum absolute atomic E-state index is 0.360. The lowest BCUT2D eigenvalue weighted by Gasteiger charge is -2.26. The molecule has 0 atom stereocenters. The van der Waals surface area contributed by atoms with Gasteiger partial charge in [-0.3, -0.25) is 0 Å². The number of hydrogen-bond acceptors (Lipinski definition) is 2. The zero-order chi connectivity index (χ0) is 14.8. The maximum absolute atomic E-state index is 13.8. The lowest BCUT2D eigenvalue weighted by atomic mass is 10.1. The number of halogens is 4. The third kappa shape index (κ3) is 2.68. The molecular formula is C14H10F4O2. The normalized spacial score (nSPS) is 12.2. The van der Waals surface area contributed by atoms with Gasteiger partial charge in [0.05, 0.1) is 0 Å². The van der Waals surface area contributed by atoms with E-state index < -0.39 is 23.3 Å². The molecule has 0 radical (unpaired) electrons. The van der Waals surface area contributed by atoms with Crippen molar-refractivity contribution in [3.05, 3.63) is 60.2 Å². The highest BCUT2D eigenvalue weighted by Gasteiger charge is 2.60. The first kappa shape index (κ1) is 14.2. The Morgan fingerprint density at radius 3 is 2.10 bits per heavy atom. The molecule has 106 valence electrons. The zero-order valence-electron chi connectivity index (χ0n) is 10.1. The van der Waals surface area contributed by atoms with Gasteiger partial charge in [-0.2, -0.15) is 17.6 Å². The van der Waals surface area contributed by atoms with Crippen LogP contribution in [0.4, 0.5) is 17.6 Å². The van der Waals surface area contributed by atoms with Gasteiger partial charge in [0.15, 0.2) is 0 Å². The van der Waals surface area contributed by atoms with Crippen molar-refractivity contribution in [1.29, 1.82) is 0 Å². The largest absolute Gasteiger partial charge is 0.508 e. The van der Waals surface area contributed by atoms with Crippen molar-refractivity contribution in [3.8, 4) is 11.5 Å². The van der Waals surface area contributed by atoms with Gasteiger partial charge < -0.3 is 9.84 Å². The van der Waals surface area contributed by atoms with Crippen LogP contribution in [0.5, 0.6) is 11.5 Å². The van der Waals surface area contributed by atoms with Crippen LogP contribution in [0.3, 0.4) is 0 Å². The summed E-state index contributed by atoms with van der Waals surface area (Å²) in [6.07, 6.45) is -4.75. The van der Waals surface area contributed by atoms with E-state index in [9.17, 15) is 17.6 Å². The number of aromatic hydroxyl groups is 1. The average Bonchev–Trinajstić information content (AvgIpc) is 2.39. The Morgan fingerprint density at radius 1 is 0.850 bits per heavy atom. The minimum atomic E-state index is -4.75. The first-order valence-electron chi connectivity index (χ1n) is 5.62. The molecule has 0 unspecified atom stereocenters.